The number of carboxylic acids is 2. The molecule has 0 saturated carbocycles. The molecule has 0 aromatic carbocycles. The highest BCUT2D eigenvalue weighted by Gasteiger charge is 2.00. The van der Waals surface area contributed by atoms with Crippen molar-refractivity contribution >= 4 is 76.1 Å². The van der Waals surface area contributed by atoms with E-state index in [1.165, 1.54) is 13.0 Å². The van der Waals surface area contributed by atoms with Gasteiger partial charge < -0.3 is 20.2 Å². The SMILES string of the molecule is CC(=O)Cl.CC(=O)O.CC(=O)c1c[nH]c(C)c1.O=C(O)c1ccc[nH]1.[Cl][Al]([Cl])[Cl]. The van der Waals surface area contributed by atoms with Gasteiger partial charge in [-0.05, 0) is 43.6 Å². The van der Waals surface area contributed by atoms with E-state index in [1.54, 1.807) is 25.4 Å². The van der Waals surface area contributed by atoms with E-state index >= 15 is 0 Å². The summed E-state index contributed by atoms with van der Waals surface area (Å²) in [6.45, 7) is 5.86. The molecule has 0 aliphatic rings. The first-order valence-electron chi connectivity index (χ1n) is 7.51. The van der Waals surface area contributed by atoms with Gasteiger partial charge in [-0.25, -0.2) is 34.9 Å². The number of nitrogens with one attached hydrogen (secondary N) is 2. The van der Waals surface area contributed by atoms with E-state index in [0.29, 0.717) is 0 Å². The van der Waals surface area contributed by atoms with Crippen molar-refractivity contribution in [3.63, 3.8) is 0 Å². The molecule has 29 heavy (non-hydrogen) atoms. The Balaban J connectivity index is -0.000000310. The lowest BCUT2D eigenvalue weighted by molar-refractivity contribution is -0.134. The quantitative estimate of drug-likeness (QED) is 0.263. The van der Waals surface area contributed by atoms with Crippen LogP contribution in [-0.2, 0) is 9.59 Å². The minimum Gasteiger partial charge on any atom is -0.481 e. The van der Waals surface area contributed by atoms with Gasteiger partial charge in [0.15, 0.2) is 5.78 Å². The Hall–Kier alpha value is -1.47. The Morgan fingerprint density at radius 1 is 1.00 bits per heavy atom. The molecule has 0 spiro atoms. The van der Waals surface area contributed by atoms with Crippen LogP contribution >= 0.6 is 41.7 Å². The lowest BCUT2D eigenvalue weighted by Gasteiger charge is -1.80. The summed E-state index contributed by atoms with van der Waals surface area (Å²) in [6.07, 6.45) is 3.29. The van der Waals surface area contributed by atoms with Crippen molar-refractivity contribution < 1.29 is 29.4 Å². The first kappa shape index (κ1) is 32.2. The molecule has 8 nitrogen and oxygen atoms in total. The Bertz CT molecular complexity index is 713. The summed E-state index contributed by atoms with van der Waals surface area (Å²) >= 11 is 2.91. The average molecular weight is 506 g/mol. The molecule has 0 saturated heterocycles. The molecule has 0 aliphatic carbocycles. The second-order valence-corrected chi connectivity index (χ2v) is 11.7. The number of hydrogen-bond donors (Lipinski definition) is 4. The van der Waals surface area contributed by atoms with Crippen LogP contribution in [0, 0.1) is 6.92 Å². The van der Waals surface area contributed by atoms with Crippen molar-refractivity contribution in [2.75, 3.05) is 0 Å². The summed E-state index contributed by atoms with van der Waals surface area (Å²) in [7, 11) is 14.8. The zero-order chi connectivity index (χ0) is 23.6. The van der Waals surface area contributed by atoms with Crippen molar-refractivity contribution in [1.29, 1.82) is 0 Å². The number of aromatic carboxylic acids is 1. The normalized spacial score (nSPS) is 8.14. The first-order chi connectivity index (χ1) is 13.2. The minimum absolute atomic E-state index is 0.111. The van der Waals surface area contributed by atoms with Crippen LogP contribution in [0.2, 0.25) is 0 Å². The molecule has 0 unspecified atom stereocenters. The van der Waals surface area contributed by atoms with Gasteiger partial charge >= 0.3 is 17.4 Å². The fourth-order valence-electron chi connectivity index (χ4n) is 1.17. The molecule has 0 radical (unpaired) electrons. The number of carbonyl (C=O) groups excluding carboxylic acids is 2. The van der Waals surface area contributed by atoms with Crippen LogP contribution in [0.3, 0.4) is 0 Å². The Morgan fingerprint density at radius 3 is 1.55 bits per heavy atom. The molecular weight excluding hydrogens is 485 g/mol. The van der Waals surface area contributed by atoms with Gasteiger partial charge in [-0.2, -0.15) is 0 Å². The van der Waals surface area contributed by atoms with Crippen molar-refractivity contribution in [2.45, 2.75) is 27.7 Å². The molecule has 0 atom stereocenters. The van der Waals surface area contributed by atoms with E-state index in [0.717, 1.165) is 18.2 Å². The van der Waals surface area contributed by atoms with Crippen LogP contribution in [0.5, 0.6) is 0 Å². The third kappa shape index (κ3) is 31.5. The number of ketones is 1. The summed E-state index contributed by atoms with van der Waals surface area (Å²) in [5, 5.41) is 15.3. The molecule has 2 heterocycles. The first-order valence-corrected chi connectivity index (χ1v) is 13.1. The molecular formula is C16H21AlCl4N2O6. The van der Waals surface area contributed by atoms with Crippen LogP contribution in [-0.4, -0.2) is 54.5 Å². The van der Waals surface area contributed by atoms with Crippen LogP contribution in [0.1, 0.15) is 47.3 Å². The zero-order valence-corrected chi connectivity index (χ0v) is 20.2. The van der Waals surface area contributed by atoms with Gasteiger partial charge in [0, 0.05) is 37.5 Å². The van der Waals surface area contributed by atoms with Gasteiger partial charge in [0.1, 0.15) is 5.69 Å². The van der Waals surface area contributed by atoms with Crippen molar-refractivity contribution in [2.24, 2.45) is 0 Å². The lowest BCUT2D eigenvalue weighted by Crippen LogP contribution is -1.94. The maximum absolute atomic E-state index is 10.6. The molecule has 2 rings (SSSR count). The average Bonchev–Trinajstić information content (AvgIpc) is 3.17. The second kappa shape index (κ2) is 19.8. The molecule has 13 heteroatoms. The number of aromatic nitrogens is 2. The van der Waals surface area contributed by atoms with Crippen LogP contribution in [0.4, 0.5) is 0 Å². The molecule has 162 valence electrons. The second-order valence-electron chi connectivity index (χ2n) is 4.75. The van der Waals surface area contributed by atoms with Crippen molar-refractivity contribution in [3.05, 3.63) is 47.5 Å². The van der Waals surface area contributed by atoms with E-state index in [4.69, 9.17) is 45.2 Å². The third-order valence-electron chi connectivity index (χ3n) is 2.06. The standard InChI is InChI=1S/C7H9NO.C5H5NO2.C2H3ClO.C2H4O2.Al.3ClH/c1-5-3-7(4-8-5)6(2)9;7-5(8)4-2-1-3-6-4;2*1-2(3)4;;;;/h3-4,8H,1-2H3;1-3,6H,(H,7,8);1H3;1H3,(H,3,4);;3*1H/q;;;;+3;;;/p-3. The van der Waals surface area contributed by atoms with Gasteiger partial charge in [-0.15, -0.1) is 0 Å². The molecule has 0 amide bonds. The zero-order valence-electron chi connectivity index (χ0n) is 16.0. The number of hydrogen-bond acceptors (Lipinski definition) is 4. The molecule has 2 aromatic heterocycles. The Labute approximate surface area is 190 Å². The number of halogens is 4. The summed E-state index contributed by atoms with van der Waals surface area (Å²) in [4.78, 5) is 44.3. The molecule has 2 aromatic rings. The molecule has 0 aliphatic heterocycles. The number of Topliss-reactive ketones (excluding diaryl/α,β-unsaturated/α-hetero) is 1. The van der Waals surface area contributed by atoms with E-state index in [2.05, 4.69) is 21.6 Å². The van der Waals surface area contributed by atoms with E-state index in [9.17, 15) is 14.4 Å². The van der Waals surface area contributed by atoms with Crippen LogP contribution in [0.25, 0.3) is 0 Å². The lowest BCUT2D eigenvalue weighted by atomic mass is 10.2. The molecule has 0 fully saturated rings. The van der Waals surface area contributed by atoms with Gasteiger partial charge in [-0.1, -0.05) is 0 Å². The van der Waals surface area contributed by atoms with Crippen LogP contribution < -0.4 is 0 Å². The van der Waals surface area contributed by atoms with E-state index in [-0.39, 0.29) is 16.7 Å². The smallest absolute Gasteiger partial charge is 0.481 e. The number of carboxylic acid groups (broad SMARTS) is 2. The number of aryl methyl sites for hydroxylation is 1. The van der Waals surface area contributed by atoms with Crippen molar-refractivity contribution in [1.82, 2.24) is 9.97 Å². The highest BCUT2D eigenvalue weighted by atomic mass is 35.8. The number of carbonyl (C=O) groups is 4. The van der Waals surface area contributed by atoms with Crippen LogP contribution in [0.15, 0.2) is 30.6 Å². The number of rotatable bonds is 2. The van der Waals surface area contributed by atoms with Gasteiger partial charge in [0.05, 0.1) is 0 Å². The number of H-pyrrole nitrogens is 2. The highest BCUT2D eigenvalue weighted by Crippen LogP contribution is 2.01. The predicted octanol–water partition coefficient (Wildman–Crippen LogP) is 4.79. The largest absolute Gasteiger partial charge is 0.643 e. The third-order valence-corrected chi connectivity index (χ3v) is 2.06. The fraction of sp³-hybridized carbons (Fsp3) is 0.250. The Kier molecular flexibility index (Phi) is 22.0. The van der Waals surface area contributed by atoms with E-state index in [1.807, 2.05) is 13.0 Å². The van der Waals surface area contributed by atoms with E-state index < -0.39 is 23.3 Å². The molecule has 4 N–H and O–H groups in total. The topological polar surface area (TPSA) is 140 Å². The van der Waals surface area contributed by atoms with Gasteiger partial charge in [-0.3, -0.25) is 14.4 Å². The summed E-state index contributed by atoms with van der Waals surface area (Å²) < 4.78 is 0. The highest BCUT2D eigenvalue weighted by molar-refractivity contribution is 7.54. The van der Waals surface area contributed by atoms with Crippen molar-refractivity contribution in [3.8, 4) is 0 Å². The molecule has 0 bridgehead atoms. The number of aromatic amines is 2. The van der Waals surface area contributed by atoms with Gasteiger partial charge in [0.2, 0.25) is 5.24 Å². The maximum Gasteiger partial charge on any atom is 0.643 e. The van der Waals surface area contributed by atoms with Gasteiger partial charge in [0.25, 0.3) is 5.97 Å². The Morgan fingerprint density at radius 2 is 1.41 bits per heavy atom. The summed E-state index contributed by atoms with van der Waals surface area (Å²) in [5.41, 5.74) is 2.01. The predicted molar refractivity (Wildman–Crippen MR) is 116 cm³/mol. The minimum atomic E-state index is -1.72. The fourth-order valence-corrected chi connectivity index (χ4v) is 1.17. The monoisotopic (exact) mass is 504 g/mol. The maximum atomic E-state index is 10.6. The number of aliphatic carboxylic acids is 1. The summed E-state index contributed by atoms with van der Waals surface area (Å²) in [5.74, 6) is -1.64. The summed E-state index contributed by atoms with van der Waals surface area (Å²) in [6, 6.07) is 4.98.